The molecule has 3 nitrogen and oxygen atoms in total. The first-order valence-electron chi connectivity index (χ1n) is 5.27. The molecule has 1 aromatic rings. The summed E-state index contributed by atoms with van der Waals surface area (Å²) in [6.07, 6.45) is 0. The van der Waals surface area contributed by atoms with E-state index in [1.54, 1.807) is 0 Å². The van der Waals surface area contributed by atoms with Gasteiger partial charge in [0.1, 0.15) is 17.7 Å². The lowest BCUT2D eigenvalue weighted by Gasteiger charge is -2.15. The summed E-state index contributed by atoms with van der Waals surface area (Å²) in [6, 6.07) is 4.43. The van der Waals surface area contributed by atoms with Gasteiger partial charge in [-0.2, -0.15) is 5.26 Å². The number of likely N-dealkylation sites (N-methyl/N-ethyl adjacent to an activating group) is 1. The molecule has 0 spiro atoms. The highest BCUT2D eigenvalue weighted by atomic mass is 19.1. The SMILES string of the molecule is CN(C)CCNC(C#N)c1ccc(F)cc1F. The second-order valence-corrected chi connectivity index (χ2v) is 3.99. The highest BCUT2D eigenvalue weighted by Gasteiger charge is 2.14. The summed E-state index contributed by atoms with van der Waals surface area (Å²) in [5.74, 6) is -1.34. The molecule has 1 N–H and O–H groups in total. The van der Waals surface area contributed by atoms with Crippen molar-refractivity contribution in [3.8, 4) is 6.07 Å². The molecule has 0 aromatic heterocycles. The van der Waals surface area contributed by atoms with Crippen molar-refractivity contribution in [3.05, 3.63) is 35.4 Å². The minimum absolute atomic E-state index is 0.174. The molecular formula is C12H15F2N3. The van der Waals surface area contributed by atoms with Crippen LogP contribution in [0.15, 0.2) is 18.2 Å². The zero-order valence-corrected chi connectivity index (χ0v) is 9.87. The van der Waals surface area contributed by atoms with Gasteiger partial charge in [0.25, 0.3) is 0 Å². The Morgan fingerprint density at radius 2 is 2.12 bits per heavy atom. The van der Waals surface area contributed by atoms with Crippen LogP contribution < -0.4 is 5.32 Å². The molecule has 1 rings (SSSR count). The maximum atomic E-state index is 13.4. The number of rotatable bonds is 5. The van der Waals surface area contributed by atoms with Crippen molar-refractivity contribution in [2.75, 3.05) is 27.2 Å². The predicted octanol–water partition coefficient (Wildman–Crippen LogP) is 1.68. The highest BCUT2D eigenvalue weighted by molar-refractivity contribution is 5.26. The van der Waals surface area contributed by atoms with E-state index in [0.29, 0.717) is 6.54 Å². The summed E-state index contributed by atoms with van der Waals surface area (Å²) < 4.78 is 26.2. The molecule has 0 radical (unpaired) electrons. The van der Waals surface area contributed by atoms with Gasteiger partial charge in [0.05, 0.1) is 6.07 Å². The van der Waals surface area contributed by atoms with E-state index in [1.807, 2.05) is 25.1 Å². The number of nitrogens with zero attached hydrogens (tertiary/aromatic N) is 2. The van der Waals surface area contributed by atoms with Crippen molar-refractivity contribution in [2.45, 2.75) is 6.04 Å². The van der Waals surface area contributed by atoms with Gasteiger partial charge < -0.3 is 4.90 Å². The molecule has 0 amide bonds. The van der Waals surface area contributed by atoms with E-state index in [2.05, 4.69) is 5.32 Å². The lowest BCUT2D eigenvalue weighted by atomic mass is 10.1. The first kappa shape index (κ1) is 13.6. The fraction of sp³-hybridized carbons (Fsp3) is 0.417. The van der Waals surface area contributed by atoms with Crippen LogP contribution in [0.4, 0.5) is 8.78 Å². The van der Waals surface area contributed by atoms with Gasteiger partial charge in [-0.3, -0.25) is 5.32 Å². The Morgan fingerprint density at radius 3 is 2.65 bits per heavy atom. The smallest absolute Gasteiger partial charge is 0.131 e. The molecule has 17 heavy (non-hydrogen) atoms. The van der Waals surface area contributed by atoms with E-state index in [4.69, 9.17) is 5.26 Å². The van der Waals surface area contributed by atoms with Crippen molar-refractivity contribution in [2.24, 2.45) is 0 Å². The summed E-state index contributed by atoms with van der Waals surface area (Å²) in [7, 11) is 3.81. The number of hydrogen-bond acceptors (Lipinski definition) is 3. The van der Waals surface area contributed by atoms with Gasteiger partial charge in [0.15, 0.2) is 0 Å². The first-order valence-corrected chi connectivity index (χ1v) is 5.27. The third kappa shape index (κ3) is 4.10. The minimum Gasteiger partial charge on any atom is -0.308 e. The Kier molecular flexibility index (Phi) is 5.01. The molecular weight excluding hydrogens is 224 g/mol. The molecule has 92 valence electrons. The normalized spacial score (nSPS) is 12.5. The van der Waals surface area contributed by atoms with Crippen molar-refractivity contribution in [1.29, 1.82) is 5.26 Å². The summed E-state index contributed by atoms with van der Waals surface area (Å²) in [4.78, 5) is 1.95. The van der Waals surface area contributed by atoms with Crippen molar-refractivity contribution in [3.63, 3.8) is 0 Å². The number of halogens is 2. The van der Waals surface area contributed by atoms with Gasteiger partial charge >= 0.3 is 0 Å². The Balaban J connectivity index is 2.70. The molecule has 1 unspecified atom stereocenters. The fourth-order valence-corrected chi connectivity index (χ4v) is 1.39. The Morgan fingerprint density at radius 1 is 1.41 bits per heavy atom. The molecule has 0 aliphatic rings. The highest BCUT2D eigenvalue weighted by Crippen LogP contribution is 2.17. The van der Waals surface area contributed by atoms with Crippen LogP contribution in [0.5, 0.6) is 0 Å². The second-order valence-electron chi connectivity index (χ2n) is 3.99. The lowest BCUT2D eigenvalue weighted by molar-refractivity contribution is 0.393. The third-order valence-corrected chi connectivity index (χ3v) is 2.31. The van der Waals surface area contributed by atoms with Gasteiger partial charge in [-0.1, -0.05) is 6.07 Å². The first-order chi connectivity index (χ1) is 8.04. The van der Waals surface area contributed by atoms with E-state index in [9.17, 15) is 8.78 Å². The van der Waals surface area contributed by atoms with Crippen LogP contribution in [-0.2, 0) is 0 Å². The van der Waals surface area contributed by atoms with Gasteiger partial charge in [-0.05, 0) is 20.2 Å². The van der Waals surface area contributed by atoms with Crippen molar-refractivity contribution >= 4 is 0 Å². The summed E-state index contributed by atoms with van der Waals surface area (Å²) in [5, 5.41) is 11.9. The molecule has 0 saturated carbocycles. The van der Waals surface area contributed by atoms with Crippen LogP contribution in [0.2, 0.25) is 0 Å². The van der Waals surface area contributed by atoms with E-state index in [0.717, 1.165) is 18.7 Å². The number of hydrogen-bond donors (Lipinski definition) is 1. The van der Waals surface area contributed by atoms with Gasteiger partial charge in [0.2, 0.25) is 0 Å². The lowest BCUT2D eigenvalue weighted by Crippen LogP contribution is -2.29. The van der Waals surface area contributed by atoms with Crippen LogP contribution in [0.25, 0.3) is 0 Å². The summed E-state index contributed by atoms with van der Waals surface area (Å²) in [5.41, 5.74) is 0.174. The molecule has 0 aliphatic heterocycles. The maximum Gasteiger partial charge on any atom is 0.131 e. The topological polar surface area (TPSA) is 39.1 Å². The van der Waals surface area contributed by atoms with Crippen LogP contribution in [-0.4, -0.2) is 32.1 Å². The van der Waals surface area contributed by atoms with Gasteiger partial charge in [0, 0.05) is 24.7 Å². The standard InChI is InChI=1S/C12H15F2N3/c1-17(2)6-5-16-12(8-15)10-4-3-9(13)7-11(10)14/h3-4,7,12,16H,5-6H2,1-2H3. The van der Waals surface area contributed by atoms with E-state index >= 15 is 0 Å². The van der Waals surface area contributed by atoms with E-state index in [-0.39, 0.29) is 5.56 Å². The average Bonchev–Trinajstić information content (AvgIpc) is 2.25. The molecule has 1 aromatic carbocycles. The van der Waals surface area contributed by atoms with E-state index in [1.165, 1.54) is 6.07 Å². The number of nitriles is 1. The third-order valence-electron chi connectivity index (χ3n) is 2.31. The Bertz CT molecular complexity index is 413. The monoisotopic (exact) mass is 239 g/mol. The Hall–Kier alpha value is -1.51. The molecule has 0 heterocycles. The van der Waals surface area contributed by atoms with Gasteiger partial charge in [-0.15, -0.1) is 0 Å². The quantitative estimate of drug-likeness (QED) is 0.849. The Labute approximate surface area is 99.7 Å². The summed E-state index contributed by atoms with van der Waals surface area (Å²) >= 11 is 0. The molecule has 1 atom stereocenters. The molecule has 0 aliphatic carbocycles. The van der Waals surface area contributed by atoms with Crippen LogP contribution >= 0.6 is 0 Å². The zero-order valence-electron chi connectivity index (χ0n) is 9.87. The van der Waals surface area contributed by atoms with E-state index < -0.39 is 17.7 Å². The fourth-order valence-electron chi connectivity index (χ4n) is 1.39. The zero-order chi connectivity index (χ0) is 12.8. The molecule has 0 fully saturated rings. The number of benzene rings is 1. The maximum absolute atomic E-state index is 13.4. The average molecular weight is 239 g/mol. The largest absolute Gasteiger partial charge is 0.308 e. The van der Waals surface area contributed by atoms with Crippen LogP contribution in [0.3, 0.4) is 0 Å². The number of nitrogens with one attached hydrogen (secondary N) is 1. The van der Waals surface area contributed by atoms with Crippen molar-refractivity contribution < 1.29 is 8.78 Å². The van der Waals surface area contributed by atoms with Crippen LogP contribution in [0, 0.1) is 23.0 Å². The van der Waals surface area contributed by atoms with Crippen molar-refractivity contribution in [1.82, 2.24) is 10.2 Å². The van der Waals surface area contributed by atoms with Crippen LogP contribution in [0.1, 0.15) is 11.6 Å². The minimum atomic E-state index is -0.754. The summed E-state index contributed by atoms with van der Waals surface area (Å²) in [6.45, 7) is 1.29. The predicted molar refractivity (Wildman–Crippen MR) is 61.3 cm³/mol. The second kappa shape index (κ2) is 6.28. The molecule has 0 saturated heterocycles. The molecule has 0 bridgehead atoms. The van der Waals surface area contributed by atoms with Gasteiger partial charge in [-0.25, -0.2) is 8.78 Å². The molecule has 5 heteroatoms.